The molecular weight excluding hydrogens is 344 g/mol. The summed E-state index contributed by atoms with van der Waals surface area (Å²) in [5.74, 6) is -0.593. The van der Waals surface area contributed by atoms with E-state index in [0.717, 1.165) is 0 Å². The molecule has 2 aromatic carbocycles. The normalized spacial score (nSPS) is 11.7. The van der Waals surface area contributed by atoms with Gasteiger partial charge in [0.25, 0.3) is 5.91 Å². The fourth-order valence-electron chi connectivity index (χ4n) is 2.48. The summed E-state index contributed by atoms with van der Waals surface area (Å²) in [6.07, 6.45) is -0.951. The summed E-state index contributed by atoms with van der Waals surface area (Å²) in [4.78, 5) is 24.7. The van der Waals surface area contributed by atoms with Gasteiger partial charge < -0.3 is 20.5 Å². The Kier molecular flexibility index (Phi) is 7.37. The van der Waals surface area contributed by atoms with Gasteiger partial charge in [-0.3, -0.25) is 4.79 Å². The van der Waals surface area contributed by atoms with Crippen LogP contribution in [0.15, 0.2) is 48.5 Å². The maximum atomic E-state index is 12.4. The average molecular weight is 370 g/mol. The second-order valence-electron chi connectivity index (χ2n) is 6.51. The van der Waals surface area contributed by atoms with Crippen molar-refractivity contribution in [3.05, 3.63) is 59.7 Å². The molecule has 0 bridgehead atoms. The van der Waals surface area contributed by atoms with Crippen LogP contribution in [0.3, 0.4) is 0 Å². The number of nitrogens with one attached hydrogen (secondary N) is 2. The molecular formula is C21H26N2O4. The predicted molar refractivity (Wildman–Crippen MR) is 106 cm³/mol. The fourth-order valence-corrected chi connectivity index (χ4v) is 2.48. The minimum absolute atomic E-state index is 0.0577. The van der Waals surface area contributed by atoms with E-state index in [-0.39, 0.29) is 6.61 Å². The Hall–Kier alpha value is -2.86. The van der Waals surface area contributed by atoms with Crippen molar-refractivity contribution in [3.8, 4) is 0 Å². The highest BCUT2D eigenvalue weighted by Gasteiger charge is 2.21. The third kappa shape index (κ3) is 5.82. The quantitative estimate of drug-likeness (QED) is 0.620. The SMILES string of the molecule is CC(C)c1ccc(NC(=O)[C@H](C)OC(=O)c2ccccc2NCCO)cc1. The molecule has 0 radical (unpaired) electrons. The van der Waals surface area contributed by atoms with Crippen LogP contribution in [0.2, 0.25) is 0 Å². The molecule has 2 aromatic rings. The van der Waals surface area contributed by atoms with Gasteiger partial charge in [-0.15, -0.1) is 0 Å². The first-order chi connectivity index (χ1) is 12.9. The third-order valence-electron chi connectivity index (χ3n) is 4.07. The molecule has 0 heterocycles. The lowest BCUT2D eigenvalue weighted by Gasteiger charge is -2.16. The summed E-state index contributed by atoms with van der Waals surface area (Å²) in [6, 6.07) is 14.4. The number of benzene rings is 2. The number of rotatable bonds is 8. The molecule has 0 fully saturated rings. The van der Waals surface area contributed by atoms with Crippen LogP contribution in [0.25, 0.3) is 0 Å². The van der Waals surface area contributed by atoms with Crippen LogP contribution in [0.5, 0.6) is 0 Å². The first kappa shape index (κ1) is 20.5. The topological polar surface area (TPSA) is 87.7 Å². The van der Waals surface area contributed by atoms with Crippen LogP contribution in [0, 0.1) is 0 Å². The number of anilines is 2. The highest BCUT2D eigenvalue weighted by atomic mass is 16.5. The molecule has 3 N–H and O–H groups in total. The molecule has 0 unspecified atom stereocenters. The van der Waals surface area contributed by atoms with E-state index in [2.05, 4.69) is 24.5 Å². The highest BCUT2D eigenvalue weighted by Crippen LogP contribution is 2.19. The van der Waals surface area contributed by atoms with Gasteiger partial charge in [0, 0.05) is 17.9 Å². The Balaban J connectivity index is 1.98. The molecule has 0 saturated carbocycles. The van der Waals surface area contributed by atoms with Crippen molar-refractivity contribution in [2.75, 3.05) is 23.8 Å². The van der Waals surface area contributed by atoms with Crippen LogP contribution in [0.4, 0.5) is 11.4 Å². The van der Waals surface area contributed by atoms with E-state index in [0.29, 0.717) is 29.4 Å². The zero-order chi connectivity index (χ0) is 19.8. The summed E-state index contributed by atoms with van der Waals surface area (Å²) in [5.41, 5.74) is 2.69. The van der Waals surface area contributed by atoms with E-state index in [9.17, 15) is 9.59 Å². The van der Waals surface area contributed by atoms with E-state index in [1.807, 2.05) is 24.3 Å². The maximum absolute atomic E-state index is 12.4. The minimum Gasteiger partial charge on any atom is -0.449 e. The van der Waals surface area contributed by atoms with Gasteiger partial charge in [0.05, 0.1) is 12.2 Å². The van der Waals surface area contributed by atoms with Crippen LogP contribution >= 0.6 is 0 Å². The summed E-state index contributed by atoms with van der Waals surface area (Å²) >= 11 is 0. The van der Waals surface area contributed by atoms with Crippen LogP contribution in [-0.2, 0) is 9.53 Å². The minimum atomic E-state index is -0.951. The molecule has 144 valence electrons. The third-order valence-corrected chi connectivity index (χ3v) is 4.07. The molecule has 1 amide bonds. The Morgan fingerprint density at radius 3 is 2.33 bits per heavy atom. The lowest BCUT2D eigenvalue weighted by atomic mass is 10.0. The second-order valence-corrected chi connectivity index (χ2v) is 6.51. The van der Waals surface area contributed by atoms with Gasteiger partial charge in [0.1, 0.15) is 0 Å². The number of aliphatic hydroxyl groups excluding tert-OH is 1. The Morgan fingerprint density at radius 2 is 1.70 bits per heavy atom. The molecule has 0 saturated heterocycles. The molecule has 2 rings (SSSR count). The number of aliphatic hydroxyl groups is 1. The Bertz CT molecular complexity index is 772. The zero-order valence-corrected chi connectivity index (χ0v) is 15.9. The molecule has 0 aliphatic rings. The Labute approximate surface area is 159 Å². The van der Waals surface area contributed by atoms with Crippen molar-refractivity contribution in [2.24, 2.45) is 0 Å². The van der Waals surface area contributed by atoms with Gasteiger partial charge in [0.15, 0.2) is 6.10 Å². The van der Waals surface area contributed by atoms with Crippen molar-refractivity contribution in [1.29, 1.82) is 0 Å². The molecule has 0 aliphatic carbocycles. The van der Waals surface area contributed by atoms with Crippen LogP contribution < -0.4 is 10.6 Å². The summed E-state index contributed by atoms with van der Waals surface area (Å²) in [5, 5.41) is 14.6. The summed E-state index contributed by atoms with van der Waals surface area (Å²) in [6.45, 7) is 5.98. The van der Waals surface area contributed by atoms with Gasteiger partial charge in [-0.1, -0.05) is 38.1 Å². The van der Waals surface area contributed by atoms with Crippen molar-refractivity contribution in [1.82, 2.24) is 0 Å². The van der Waals surface area contributed by atoms with Gasteiger partial charge >= 0.3 is 5.97 Å². The van der Waals surface area contributed by atoms with Crippen molar-refractivity contribution in [3.63, 3.8) is 0 Å². The van der Waals surface area contributed by atoms with E-state index in [4.69, 9.17) is 9.84 Å². The van der Waals surface area contributed by atoms with Gasteiger partial charge in [0.2, 0.25) is 0 Å². The predicted octanol–water partition coefficient (Wildman–Crippen LogP) is 3.40. The molecule has 0 aromatic heterocycles. The van der Waals surface area contributed by atoms with Gasteiger partial charge in [-0.05, 0) is 42.7 Å². The van der Waals surface area contributed by atoms with Crippen LogP contribution in [0.1, 0.15) is 42.6 Å². The zero-order valence-electron chi connectivity index (χ0n) is 15.9. The molecule has 0 aliphatic heterocycles. The molecule has 6 heteroatoms. The maximum Gasteiger partial charge on any atom is 0.341 e. The van der Waals surface area contributed by atoms with E-state index in [1.165, 1.54) is 12.5 Å². The first-order valence-electron chi connectivity index (χ1n) is 8.98. The van der Waals surface area contributed by atoms with Crippen molar-refractivity contribution in [2.45, 2.75) is 32.8 Å². The Morgan fingerprint density at radius 1 is 1.04 bits per heavy atom. The molecule has 1 atom stereocenters. The standard InChI is InChI=1S/C21H26N2O4/c1-14(2)16-8-10-17(11-9-16)23-20(25)15(3)27-21(26)18-6-4-5-7-19(18)22-12-13-24/h4-11,14-15,22,24H,12-13H2,1-3H3,(H,23,25)/t15-/m0/s1. The van der Waals surface area contributed by atoms with Gasteiger partial charge in [-0.2, -0.15) is 0 Å². The fraction of sp³-hybridized carbons (Fsp3) is 0.333. The summed E-state index contributed by atoms with van der Waals surface area (Å²) in [7, 11) is 0. The number of para-hydroxylation sites is 1. The largest absolute Gasteiger partial charge is 0.449 e. The second kappa shape index (κ2) is 9.73. The van der Waals surface area contributed by atoms with E-state index in [1.54, 1.807) is 24.3 Å². The van der Waals surface area contributed by atoms with E-state index >= 15 is 0 Å². The lowest BCUT2D eigenvalue weighted by molar-refractivity contribution is -0.123. The number of amides is 1. The number of carbonyl (C=O) groups excluding carboxylic acids is 2. The lowest BCUT2D eigenvalue weighted by Crippen LogP contribution is -2.30. The number of carbonyl (C=O) groups is 2. The van der Waals surface area contributed by atoms with Crippen LogP contribution in [-0.4, -0.2) is 36.2 Å². The number of ether oxygens (including phenoxy) is 1. The van der Waals surface area contributed by atoms with Gasteiger partial charge in [-0.25, -0.2) is 4.79 Å². The first-order valence-corrected chi connectivity index (χ1v) is 8.98. The average Bonchev–Trinajstić information content (AvgIpc) is 2.66. The molecule has 0 spiro atoms. The number of hydrogen-bond acceptors (Lipinski definition) is 5. The van der Waals surface area contributed by atoms with Crippen molar-refractivity contribution < 1.29 is 19.4 Å². The molecule has 27 heavy (non-hydrogen) atoms. The smallest absolute Gasteiger partial charge is 0.341 e. The van der Waals surface area contributed by atoms with Crippen molar-refractivity contribution >= 4 is 23.3 Å². The van der Waals surface area contributed by atoms with E-state index < -0.39 is 18.0 Å². The summed E-state index contributed by atoms with van der Waals surface area (Å²) < 4.78 is 5.30. The number of esters is 1. The molecule has 6 nitrogen and oxygen atoms in total. The number of hydrogen-bond donors (Lipinski definition) is 3. The monoisotopic (exact) mass is 370 g/mol. The highest BCUT2D eigenvalue weighted by molar-refractivity contribution is 5.99.